The van der Waals surface area contributed by atoms with Gasteiger partial charge in [-0.3, -0.25) is 9.69 Å². The summed E-state index contributed by atoms with van der Waals surface area (Å²) in [5.74, 6) is 0.438. The molecule has 0 radical (unpaired) electrons. The molecule has 2 aliphatic rings. The van der Waals surface area contributed by atoms with Crippen LogP contribution in [0.4, 0.5) is 11.4 Å². The highest BCUT2D eigenvalue weighted by molar-refractivity contribution is 8.00. The Bertz CT molecular complexity index is 1250. The van der Waals surface area contributed by atoms with E-state index in [-0.39, 0.29) is 16.2 Å². The molecule has 2 heterocycles. The van der Waals surface area contributed by atoms with Gasteiger partial charge in [0, 0.05) is 37.6 Å². The van der Waals surface area contributed by atoms with E-state index in [4.69, 9.17) is 0 Å². The quantitative estimate of drug-likeness (QED) is 0.531. The molecular weight excluding hydrogens is 466 g/mol. The minimum Gasteiger partial charge on any atom is -0.369 e. The van der Waals surface area contributed by atoms with E-state index in [9.17, 15) is 13.2 Å². The summed E-state index contributed by atoms with van der Waals surface area (Å²) in [6, 6.07) is 25.0. The first-order valence-electron chi connectivity index (χ1n) is 11.3. The Morgan fingerprint density at radius 1 is 0.794 bits per heavy atom. The molecule has 8 heteroatoms. The van der Waals surface area contributed by atoms with Gasteiger partial charge in [0.25, 0.3) is 0 Å². The zero-order valence-electron chi connectivity index (χ0n) is 19.0. The number of hydrogen-bond donors (Lipinski definition) is 0. The van der Waals surface area contributed by atoms with Crippen molar-refractivity contribution >= 4 is 39.1 Å². The Kier molecular flexibility index (Phi) is 6.38. The predicted molar refractivity (Wildman–Crippen MR) is 138 cm³/mol. The molecule has 176 valence electrons. The second-order valence-corrected chi connectivity index (χ2v) is 11.6. The zero-order valence-corrected chi connectivity index (χ0v) is 20.6. The molecule has 5 rings (SSSR count). The summed E-state index contributed by atoms with van der Waals surface area (Å²) >= 11 is 1.59. The third kappa shape index (κ3) is 4.45. The van der Waals surface area contributed by atoms with Crippen LogP contribution in [0.25, 0.3) is 0 Å². The van der Waals surface area contributed by atoms with Gasteiger partial charge in [-0.2, -0.15) is 4.31 Å². The average Bonchev–Trinajstić information content (AvgIpc) is 3.26. The lowest BCUT2D eigenvalue weighted by Crippen LogP contribution is -2.48. The maximum atomic E-state index is 13.3. The Labute approximate surface area is 205 Å². The molecule has 3 aromatic rings. The summed E-state index contributed by atoms with van der Waals surface area (Å²) in [6.07, 6.45) is 0. The minimum atomic E-state index is -3.59. The van der Waals surface area contributed by atoms with Gasteiger partial charge in [0.2, 0.25) is 15.9 Å². The van der Waals surface area contributed by atoms with Crippen molar-refractivity contribution < 1.29 is 13.2 Å². The number of para-hydroxylation sites is 1. The second-order valence-electron chi connectivity index (χ2n) is 8.56. The first-order valence-corrected chi connectivity index (χ1v) is 13.8. The molecule has 0 aliphatic carbocycles. The fourth-order valence-electron chi connectivity index (χ4n) is 4.43. The molecule has 1 atom stereocenters. The van der Waals surface area contributed by atoms with Crippen LogP contribution in [0.3, 0.4) is 0 Å². The first kappa shape index (κ1) is 23.0. The molecule has 2 saturated heterocycles. The van der Waals surface area contributed by atoms with Crippen LogP contribution in [0.1, 0.15) is 16.5 Å². The molecule has 0 N–H and O–H groups in total. The number of aryl methyl sites for hydroxylation is 1. The monoisotopic (exact) mass is 493 g/mol. The van der Waals surface area contributed by atoms with Crippen LogP contribution in [0.15, 0.2) is 83.8 Å². The van der Waals surface area contributed by atoms with Crippen molar-refractivity contribution in [1.82, 2.24) is 4.31 Å². The van der Waals surface area contributed by atoms with E-state index in [2.05, 4.69) is 4.90 Å². The van der Waals surface area contributed by atoms with E-state index in [0.717, 1.165) is 11.3 Å². The third-order valence-electron chi connectivity index (χ3n) is 6.34. The summed E-state index contributed by atoms with van der Waals surface area (Å²) in [4.78, 5) is 16.9. The maximum absolute atomic E-state index is 13.3. The largest absolute Gasteiger partial charge is 0.369 e. The standard InChI is InChI=1S/C26H27N3O3S2/c1-20-7-9-21(10-8-20)26-29(25(30)19-33-26)23-11-13-24(14-12-23)34(31,32)28-17-15-27(16-18-28)22-5-3-2-4-6-22/h2-14,26H,15-19H2,1H3. The van der Waals surface area contributed by atoms with Crippen LogP contribution in [0, 0.1) is 6.92 Å². The normalized spacial score (nSPS) is 19.6. The molecule has 0 saturated carbocycles. The molecule has 2 aliphatic heterocycles. The molecule has 1 unspecified atom stereocenters. The van der Waals surface area contributed by atoms with Crippen molar-refractivity contribution in [3.63, 3.8) is 0 Å². The Morgan fingerprint density at radius 3 is 2.09 bits per heavy atom. The van der Waals surface area contributed by atoms with Crippen molar-refractivity contribution in [2.75, 3.05) is 41.7 Å². The molecule has 6 nitrogen and oxygen atoms in total. The van der Waals surface area contributed by atoms with E-state index in [1.54, 1.807) is 45.2 Å². The van der Waals surface area contributed by atoms with E-state index >= 15 is 0 Å². The van der Waals surface area contributed by atoms with Crippen molar-refractivity contribution in [3.05, 3.63) is 90.0 Å². The molecular formula is C26H27N3O3S2. The number of amides is 1. The number of anilines is 2. The highest BCUT2D eigenvalue weighted by atomic mass is 32.2. The average molecular weight is 494 g/mol. The molecule has 0 bridgehead atoms. The van der Waals surface area contributed by atoms with Crippen molar-refractivity contribution in [1.29, 1.82) is 0 Å². The third-order valence-corrected chi connectivity index (χ3v) is 9.47. The number of piperazine rings is 1. The van der Waals surface area contributed by atoms with Gasteiger partial charge in [-0.1, -0.05) is 48.0 Å². The number of rotatable bonds is 5. The van der Waals surface area contributed by atoms with Crippen molar-refractivity contribution in [2.45, 2.75) is 17.2 Å². The Morgan fingerprint density at radius 2 is 1.44 bits per heavy atom. The fourth-order valence-corrected chi connectivity index (χ4v) is 7.03. The van der Waals surface area contributed by atoms with Gasteiger partial charge in [-0.05, 0) is 48.9 Å². The van der Waals surface area contributed by atoms with Gasteiger partial charge in [0.05, 0.1) is 10.6 Å². The minimum absolute atomic E-state index is 0.0308. The van der Waals surface area contributed by atoms with Crippen LogP contribution < -0.4 is 9.80 Å². The number of hydrogen-bond acceptors (Lipinski definition) is 5. The van der Waals surface area contributed by atoms with Crippen LogP contribution in [0.2, 0.25) is 0 Å². The number of thioether (sulfide) groups is 1. The molecule has 0 aromatic heterocycles. The number of nitrogens with zero attached hydrogens (tertiary/aromatic N) is 3. The number of sulfonamides is 1. The lowest BCUT2D eigenvalue weighted by atomic mass is 10.1. The topological polar surface area (TPSA) is 60.9 Å². The van der Waals surface area contributed by atoms with Crippen LogP contribution in [-0.2, 0) is 14.8 Å². The highest BCUT2D eigenvalue weighted by Gasteiger charge is 2.34. The van der Waals surface area contributed by atoms with Crippen molar-refractivity contribution in [3.8, 4) is 0 Å². The number of carbonyl (C=O) groups is 1. The second kappa shape index (κ2) is 9.44. The Hall–Kier alpha value is -2.81. The van der Waals surface area contributed by atoms with Crippen LogP contribution in [0.5, 0.6) is 0 Å². The van der Waals surface area contributed by atoms with E-state index < -0.39 is 10.0 Å². The fraction of sp³-hybridized carbons (Fsp3) is 0.269. The van der Waals surface area contributed by atoms with Crippen molar-refractivity contribution in [2.24, 2.45) is 0 Å². The van der Waals surface area contributed by atoms with Gasteiger partial charge in [0.1, 0.15) is 5.37 Å². The predicted octanol–water partition coefficient (Wildman–Crippen LogP) is 4.28. The number of benzene rings is 3. The summed E-state index contributed by atoms with van der Waals surface area (Å²) in [5, 5.41) is -0.110. The highest BCUT2D eigenvalue weighted by Crippen LogP contribution is 2.42. The molecule has 2 fully saturated rings. The van der Waals surface area contributed by atoms with Gasteiger partial charge >= 0.3 is 0 Å². The van der Waals surface area contributed by atoms with Gasteiger partial charge in [0.15, 0.2) is 0 Å². The summed E-state index contributed by atoms with van der Waals surface area (Å²) in [7, 11) is -3.59. The number of carbonyl (C=O) groups excluding carboxylic acids is 1. The smallest absolute Gasteiger partial charge is 0.243 e. The van der Waals surface area contributed by atoms with E-state index in [1.165, 1.54) is 5.56 Å². The molecule has 34 heavy (non-hydrogen) atoms. The van der Waals surface area contributed by atoms with E-state index in [0.29, 0.717) is 37.6 Å². The first-order chi connectivity index (χ1) is 16.4. The molecule has 0 spiro atoms. The van der Waals surface area contributed by atoms with E-state index in [1.807, 2.05) is 61.5 Å². The lowest BCUT2D eigenvalue weighted by molar-refractivity contribution is -0.115. The summed E-state index contributed by atoms with van der Waals surface area (Å²) in [5.41, 5.74) is 4.06. The Balaban J connectivity index is 1.31. The molecule has 1 amide bonds. The summed E-state index contributed by atoms with van der Waals surface area (Å²) < 4.78 is 28.1. The van der Waals surface area contributed by atoms with Gasteiger partial charge < -0.3 is 4.90 Å². The maximum Gasteiger partial charge on any atom is 0.243 e. The lowest BCUT2D eigenvalue weighted by Gasteiger charge is -2.35. The van der Waals surface area contributed by atoms with Crippen LogP contribution >= 0.6 is 11.8 Å². The van der Waals surface area contributed by atoms with Crippen LogP contribution in [-0.4, -0.2) is 50.6 Å². The van der Waals surface area contributed by atoms with Gasteiger partial charge in [-0.25, -0.2) is 8.42 Å². The van der Waals surface area contributed by atoms with Gasteiger partial charge in [-0.15, -0.1) is 11.8 Å². The zero-order chi connectivity index (χ0) is 23.7. The SMILES string of the molecule is Cc1ccc(C2SCC(=O)N2c2ccc(S(=O)(=O)N3CCN(c4ccccc4)CC3)cc2)cc1. The summed E-state index contributed by atoms with van der Waals surface area (Å²) in [6.45, 7) is 4.22. The molecule has 3 aromatic carbocycles.